The van der Waals surface area contributed by atoms with Crippen molar-refractivity contribution in [3.8, 4) is 0 Å². The van der Waals surface area contributed by atoms with Crippen molar-refractivity contribution in [1.29, 1.82) is 0 Å². The third-order valence-electron chi connectivity index (χ3n) is 1.83. The first-order chi connectivity index (χ1) is 6.11. The molecular formula is C10H15N3. The van der Waals surface area contributed by atoms with Gasteiger partial charge in [0.15, 0.2) is 0 Å². The first-order valence-electron chi connectivity index (χ1n) is 4.21. The minimum absolute atomic E-state index is 0.463. The van der Waals surface area contributed by atoms with Crippen molar-refractivity contribution in [2.75, 3.05) is 0 Å². The summed E-state index contributed by atoms with van der Waals surface area (Å²) in [6.45, 7) is 4.12. The number of aryl methyl sites for hydroxylation is 2. The standard InChI is InChI=1S/C10H15N3/c1-7-3-8(2)5-9(4-7)6-10(11)13-12/h3-5H,6,12H2,1-2H3,(H2,11,13). The molecule has 3 heteroatoms. The number of hydrogen-bond donors (Lipinski definition) is 2. The van der Waals surface area contributed by atoms with Gasteiger partial charge < -0.3 is 11.6 Å². The minimum Gasteiger partial charge on any atom is -0.385 e. The molecule has 0 atom stereocenters. The van der Waals surface area contributed by atoms with E-state index in [-0.39, 0.29) is 0 Å². The maximum absolute atomic E-state index is 5.53. The highest BCUT2D eigenvalue weighted by atomic mass is 15.1. The van der Waals surface area contributed by atoms with Gasteiger partial charge in [0.1, 0.15) is 5.84 Å². The molecule has 0 aliphatic heterocycles. The molecule has 0 aliphatic rings. The molecule has 0 saturated carbocycles. The van der Waals surface area contributed by atoms with Crippen molar-refractivity contribution < 1.29 is 0 Å². The number of nitrogens with two attached hydrogens (primary N) is 2. The lowest BCUT2D eigenvalue weighted by molar-refractivity contribution is 1.16. The second-order valence-electron chi connectivity index (χ2n) is 3.29. The fourth-order valence-electron chi connectivity index (χ4n) is 1.43. The summed E-state index contributed by atoms with van der Waals surface area (Å²) in [6.07, 6.45) is 0.624. The third kappa shape index (κ3) is 2.78. The zero-order chi connectivity index (χ0) is 9.84. The molecule has 70 valence electrons. The predicted molar refractivity (Wildman–Crippen MR) is 55.4 cm³/mol. The summed E-state index contributed by atoms with van der Waals surface area (Å²) in [6, 6.07) is 6.30. The summed E-state index contributed by atoms with van der Waals surface area (Å²) < 4.78 is 0. The number of benzene rings is 1. The van der Waals surface area contributed by atoms with Crippen LogP contribution in [-0.4, -0.2) is 5.84 Å². The van der Waals surface area contributed by atoms with Crippen molar-refractivity contribution >= 4 is 5.84 Å². The monoisotopic (exact) mass is 177 g/mol. The van der Waals surface area contributed by atoms with Crippen LogP contribution in [0.5, 0.6) is 0 Å². The van der Waals surface area contributed by atoms with Gasteiger partial charge in [-0.15, -0.1) is 0 Å². The van der Waals surface area contributed by atoms with Crippen LogP contribution >= 0.6 is 0 Å². The Bertz CT molecular complexity index is 309. The largest absolute Gasteiger partial charge is 0.385 e. The van der Waals surface area contributed by atoms with Gasteiger partial charge in [-0.25, -0.2) is 0 Å². The van der Waals surface area contributed by atoms with Crippen molar-refractivity contribution in [3.63, 3.8) is 0 Å². The highest BCUT2D eigenvalue weighted by molar-refractivity contribution is 5.82. The molecule has 0 aromatic heterocycles. The van der Waals surface area contributed by atoms with Crippen molar-refractivity contribution in [2.24, 2.45) is 16.7 Å². The van der Waals surface area contributed by atoms with E-state index in [9.17, 15) is 0 Å². The van der Waals surface area contributed by atoms with E-state index in [1.165, 1.54) is 11.1 Å². The van der Waals surface area contributed by atoms with Gasteiger partial charge in [0.25, 0.3) is 0 Å². The molecule has 0 unspecified atom stereocenters. The zero-order valence-electron chi connectivity index (χ0n) is 8.04. The summed E-state index contributed by atoms with van der Waals surface area (Å²) in [4.78, 5) is 0. The Morgan fingerprint density at radius 3 is 2.23 bits per heavy atom. The van der Waals surface area contributed by atoms with Crippen LogP contribution in [0.15, 0.2) is 23.3 Å². The number of nitrogens with zero attached hydrogens (tertiary/aromatic N) is 1. The van der Waals surface area contributed by atoms with Gasteiger partial charge in [-0.1, -0.05) is 29.3 Å². The van der Waals surface area contributed by atoms with Crippen LogP contribution in [0.3, 0.4) is 0 Å². The molecule has 3 nitrogen and oxygen atoms in total. The molecule has 1 aromatic rings. The van der Waals surface area contributed by atoms with E-state index in [1.54, 1.807) is 0 Å². The lowest BCUT2D eigenvalue weighted by Crippen LogP contribution is -2.17. The molecule has 1 rings (SSSR count). The second-order valence-corrected chi connectivity index (χ2v) is 3.29. The number of hydrogen-bond acceptors (Lipinski definition) is 2. The van der Waals surface area contributed by atoms with E-state index >= 15 is 0 Å². The average Bonchev–Trinajstić information content (AvgIpc) is 2.02. The number of rotatable bonds is 2. The van der Waals surface area contributed by atoms with Crippen LogP contribution in [0.2, 0.25) is 0 Å². The fraction of sp³-hybridized carbons (Fsp3) is 0.300. The molecular weight excluding hydrogens is 162 g/mol. The lowest BCUT2D eigenvalue weighted by Gasteiger charge is -2.03. The molecule has 0 heterocycles. The van der Waals surface area contributed by atoms with Gasteiger partial charge in [-0.3, -0.25) is 0 Å². The van der Waals surface area contributed by atoms with Crippen LogP contribution in [0, 0.1) is 13.8 Å². The topological polar surface area (TPSA) is 64.4 Å². The molecule has 0 spiro atoms. The summed E-state index contributed by atoms with van der Waals surface area (Å²) in [5, 5.41) is 3.44. The Balaban J connectivity index is 2.89. The Morgan fingerprint density at radius 2 is 1.77 bits per heavy atom. The SMILES string of the molecule is Cc1cc(C)cc(CC(N)=NN)c1. The Hall–Kier alpha value is -1.51. The molecule has 1 aromatic carbocycles. The normalized spacial score (nSPS) is 11.7. The highest BCUT2D eigenvalue weighted by Gasteiger charge is 1.98. The molecule has 0 amide bonds. The van der Waals surface area contributed by atoms with Crippen LogP contribution in [-0.2, 0) is 6.42 Å². The van der Waals surface area contributed by atoms with Crippen LogP contribution in [0.25, 0.3) is 0 Å². The van der Waals surface area contributed by atoms with Gasteiger partial charge in [0, 0.05) is 6.42 Å². The van der Waals surface area contributed by atoms with Gasteiger partial charge in [-0.2, -0.15) is 5.10 Å². The lowest BCUT2D eigenvalue weighted by atomic mass is 10.0. The Kier molecular flexibility index (Phi) is 2.90. The van der Waals surface area contributed by atoms with Crippen LogP contribution < -0.4 is 11.6 Å². The van der Waals surface area contributed by atoms with Crippen molar-refractivity contribution in [3.05, 3.63) is 34.9 Å². The molecule has 0 fully saturated rings. The van der Waals surface area contributed by atoms with E-state index < -0.39 is 0 Å². The Labute approximate surface area is 78.4 Å². The van der Waals surface area contributed by atoms with E-state index in [2.05, 4.69) is 37.1 Å². The number of amidine groups is 1. The smallest absolute Gasteiger partial charge is 0.123 e. The van der Waals surface area contributed by atoms with Crippen LogP contribution in [0.4, 0.5) is 0 Å². The maximum Gasteiger partial charge on any atom is 0.123 e. The summed E-state index contributed by atoms with van der Waals surface area (Å²) in [5.41, 5.74) is 9.16. The zero-order valence-corrected chi connectivity index (χ0v) is 8.04. The maximum atomic E-state index is 5.53. The summed E-state index contributed by atoms with van der Waals surface area (Å²) in [7, 11) is 0. The second kappa shape index (κ2) is 3.94. The molecule has 13 heavy (non-hydrogen) atoms. The average molecular weight is 177 g/mol. The molecule has 0 saturated heterocycles. The molecule has 0 radical (unpaired) electrons. The Morgan fingerprint density at radius 1 is 1.23 bits per heavy atom. The van der Waals surface area contributed by atoms with Gasteiger partial charge in [-0.05, 0) is 19.4 Å². The quantitative estimate of drug-likeness (QED) is 0.307. The molecule has 4 N–H and O–H groups in total. The van der Waals surface area contributed by atoms with E-state index in [0.717, 1.165) is 5.56 Å². The third-order valence-corrected chi connectivity index (χ3v) is 1.83. The van der Waals surface area contributed by atoms with E-state index in [4.69, 9.17) is 11.6 Å². The molecule has 0 aliphatic carbocycles. The van der Waals surface area contributed by atoms with Gasteiger partial charge >= 0.3 is 0 Å². The summed E-state index contributed by atoms with van der Waals surface area (Å²) >= 11 is 0. The van der Waals surface area contributed by atoms with Crippen molar-refractivity contribution in [1.82, 2.24) is 0 Å². The number of hydrazone groups is 1. The highest BCUT2D eigenvalue weighted by Crippen LogP contribution is 2.09. The van der Waals surface area contributed by atoms with Gasteiger partial charge in [0.2, 0.25) is 0 Å². The first kappa shape index (κ1) is 9.58. The van der Waals surface area contributed by atoms with Crippen molar-refractivity contribution in [2.45, 2.75) is 20.3 Å². The van der Waals surface area contributed by atoms with Gasteiger partial charge in [0.05, 0.1) is 0 Å². The van der Waals surface area contributed by atoms with E-state index in [1.807, 2.05) is 0 Å². The fourth-order valence-corrected chi connectivity index (χ4v) is 1.43. The predicted octanol–water partition coefficient (Wildman–Crippen LogP) is 1.08. The minimum atomic E-state index is 0.463. The van der Waals surface area contributed by atoms with E-state index in [0.29, 0.717) is 12.3 Å². The summed E-state index contributed by atoms with van der Waals surface area (Å²) in [5.74, 6) is 5.52. The first-order valence-corrected chi connectivity index (χ1v) is 4.21. The van der Waals surface area contributed by atoms with Crippen LogP contribution in [0.1, 0.15) is 16.7 Å². The molecule has 0 bridgehead atoms.